The van der Waals surface area contributed by atoms with Crippen LogP contribution in [0.5, 0.6) is 11.5 Å². The molecule has 0 saturated carbocycles. The Hall–Kier alpha value is -3.27. The van der Waals surface area contributed by atoms with Crippen LogP contribution in [-0.4, -0.2) is 60.7 Å². The maximum Gasteiger partial charge on any atom is 0.415 e. The number of benzene rings is 2. The molecule has 10 heteroatoms. The number of hydrogen-bond acceptors (Lipinski definition) is 5. The van der Waals surface area contributed by atoms with E-state index in [-0.39, 0.29) is 32.5 Å². The van der Waals surface area contributed by atoms with E-state index in [4.69, 9.17) is 14.2 Å². The van der Waals surface area contributed by atoms with Gasteiger partial charge >= 0.3 is 18.2 Å². The summed E-state index contributed by atoms with van der Waals surface area (Å²) in [5, 5.41) is 9.21. The Kier molecular flexibility index (Phi) is 12.0. The van der Waals surface area contributed by atoms with Crippen molar-refractivity contribution in [2.45, 2.75) is 51.3 Å². The first-order chi connectivity index (χ1) is 17.2. The molecule has 0 bridgehead atoms. The zero-order chi connectivity index (χ0) is 26.4. The van der Waals surface area contributed by atoms with E-state index in [2.05, 4.69) is 0 Å². The van der Waals surface area contributed by atoms with Gasteiger partial charge in [-0.1, -0.05) is 36.8 Å². The minimum atomic E-state index is -4.19. The average molecular weight is 512 g/mol. The molecule has 1 N–H and O–H groups in total. The number of alkyl halides is 3. The van der Waals surface area contributed by atoms with Gasteiger partial charge in [0.25, 0.3) is 0 Å². The van der Waals surface area contributed by atoms with Crippen molar-refractivity contribution in [3.8, 4) is 11.5 Å². The van der Waals surface area contributed by atoms with Crippen molar-refractivity contribution < 1.29 is 42.1 Å². The summed E-state index contributed by atoms with van der Waals surface area (Å²) >= 11 is 0. The van der Waals surface area contributed by atoms with E-state index < -0.39 is 30.8 Å². The van der Waals surface area contributed by atoms with Crippen LogP contribution in [-0.2, 0) is 16.0 Å². The van der Waals surface area contributed by atoms with Crippen molar-refractivity contribution in [3.63, 3.8) is 0 Å². The fourth-order valence-corrected chi connectivity index (χ4v) is 3.38. The van der Waals surface area contributed by atoms with Crippen LogP contribution in [0.3, 0.4) is 0 Å². The van der Waals surface area contributed by atoms with Gasteiger partial charge in [0.1, 0.15) is 18.1 Å². The summed E-state index contributed by atoms with van der Waals surface area (Å²) in [4.78, 5) is 25.3. The van der Waals surface area contributed by atoms with Crippen LogP contribution in [0.4, 0.5) is 18.0 Å². The van der Waals surface area contributed by atoms with Crippen LogP contribution >= 0.6 is 0 Å². The molecule has 7 nitrogen and oxygen atoms in total. The zero-order valence-corrected chi connectivity index (χ0v) is 20.2. The number of carbonyl (C=O) groups is 2. The fraction of sp³-hybridized carbons (Fsp3) is 0.462. The number of aliphatic carboxylic acids is 1. The lowest BCUT2D eigenvalue weighted by atomic mass is 10.1. The molecule has 1 unspecified atom stereocenters. The van der Waals surface area contributed by atoms with Gasteiger partial charge in [-0.2, -0.15) is 13.2 Å². The highest BCUT2D eigenvalue weighted by molar-refractivity contribution is 5.72. The van der Waals surface area contributed by atoms with Gasteiger partial charge in [0.15, 0.2) is 6.10 Å². The van der Waals surface area contributed by atoms with Gasteiger partial charge in [0, 0.05) is 26.0 Å². The molecule has 0 radical (unpaired) electrons. The van der Waals surface area contributed by atoms with Crippen LogP contribution in [0.1, 0.15) is 38.2 Å². The topological polar surface area (TPSA) is 85.3 Å². The molecule has 1 atom stereocenters. The molecule has 2 aromatic carbocycles. The van der Waals surface area contributed by atoms with E-state index in [9.17, 15) is 27.9 Å². The molecular formula is C26H32F3NO6. The molecule has 1 amide bonds. The molecule has 0 spiro atoms. The van der Waals surface area contributed by atoms with Gasteiger partial charge in [-0.3, -0.25) is 0 Å². The van der Waals surface area contributed by atoms with Crippen molar-refractivity contribution in [3.05, 3.63) is 60.2 Å². The summed E-state index contributed by atoms with van der Waals surface area (Å²) in [6, 6.07) is 15.4. The monoisotopic (exact) mass is 511 g/mol. The molecule has 2 rings (SSSR count). The van der Waals surface area contributed by atoms with Gasteiger partial charge in [0.2, 0.25) is 0 Å². The van der Waals surface area contributed by atoms with Crippen LogP contribution in [0.25, 0.3) is 0 Å². The van der Waals surface area contributed by atoms with Crippen LogP contribution in [0.15, 0.2) is 54.6 Å². The van der Waals surface area contributed by atoms with E-state index in [1.165, 1.54) is 4.90 Å². The Morgan fingerprint density at radius 1 is 0.944 bits per heavy atom. The number of carboxylic acid groups (broad SMARTS) is 1. The molecule has 0 aliphatic carbocycles. The fourth-order valence-electron chi connectivity index (χ4n) is 3.38. The predicted molar refractivity (Wildman–Crippen MR) is 127 cm³/mol. The number of halogens is 3. The third-order valence-corrected chi connectivity index (χ3v) is 5.21. The predicted octanol–water partition coefficient (Wildman–Crippen LogP) is 5.72. The first kappa shape index (κ1) is 29.0. The van der Waals surface area contributed by atoms with Crippen molar-refractivity contribution in [2.24, 2.45) is 0 Å². The van der Waals surface area contributed by atoms with Gasteiger partial charge in [-0.05, 0) is 49.6 Å². The molecule has 198 valence electrons. The van der Waals surface area contributed by atoms with Crippen molar-refractivity contribution in [1.29, 1.82) is 0 Å². The maximum absolute atomic E-state index is 12.6. The SMILES string of the molecule is CCOC(Cc1ccc(OCCN(CCCCCC(F)(F)F)C(=O)Oc2ccccc2)cc1)C(=O)O. The summed E-state index contributed by atoms with van der Waals surface area (Å²) in [7, 11) is 0. The minimum Gasteiger partial charge on any atom is -0.492 e. The average Bonchev–Trinajstić information content (AvgIpc) is 2.83. The number of rotatable bonds is 15. The molecule has 0 fully saturated rings. The second-order valence-corrected chi connectivity index (χ2v) is 8.07. The lowest BCUT2D eigenvalue weighted by molar-refractivity contribution is -0.150. The van der Waals surface area contributed by atoms with Crippen molar-refractivity contribution >= 4 is 12.1 Å². The lowest BCUT2D eigenvalue weighted by Gasteiger charge is -2.22. The van der Waals surface area contributed by atoms with Gasteiger partial charge in [-0.15, -0.1) is 0 Å². The van der Waals surface area contributed by atoms with Gasteiger partial charge in [0.05, 0.1) is 6.54 Å². The number of carboxylic acids is 1. The summed E-state index contributed by atoms with van der Waals surface area (Å²) < 4.78 is 53.4. The molecule has 0 aliphatic heterocycles. The largest absolute Gasteiger partial charge is 0.492 e. The second-order valence-electron chi connectivity index (χ2n) is 8.07. The molecule has 36 heavy (non-hydrogen) atoms. The van der Waals surface area contributed by atoms with E-state index >= 15 is 0 Å². The first-order valence-corrected chi connectivity index (χ1v) is 11.8. The second kappa shape index (κ2) is 15.0. The van der Waals surface area contributed by atoms with Crippen LogP contribution < -0.4 is 9.47 Å². The number of unbranched alkanes of at least 4 members (excludes halogenated alkanes) is 2. The highest BCUT2D eigenvalue weighted by Crippen LogP contribution is 2.23. The Morgan fingerprint density at radius 2 is 1.64 bits per heavy atom. The molecule has 0 heterocycles. The Morgan fingerprint density at radius 3 is 2.25 bits per heavy atom. The Bertz CT molecular complexity index is 922. The minimum absolute atomic E-state index is 0.0000465. The highest BCUT2D eigenvalue weighted by atomic mass is 19.4. The summed E-state index contributed by atoms with van der Waals surface area (Å²) in [5.41, 5.74) is 0.773. The first-order valence-electron chi connectivity index (χ1n) is 11.8. The number of amides is 1. The van der Waals surface area contributed by atoms with E-state index in [0.717, 1.165) is 5.56 Å². The Balaban J connectivity index is 1.88. The summed E-state index contributed by atoms with van der Waals surface area (Å²) in [6.45, 7) is 2.58. The van der Waals surface area contributed by atoms with Crippen LogP contribution in [0, 0.1) is 0 Å². The van der Waals surface area contributed by atoms with Crippen molar-refractivity contribution in [2.75, 3.05) is 26.3 Å². The van der Waals surface area contributed by atoms with Crippen LogP contribution in [0.2, 0.25) is 0 Å². The van der Waals surface area contributed by atoms with Gasteiger partial charge in [-0.25, -0.2) is 9.59 Å². The molecular weight excluding hydrogens is 479 g/mol. The quantitative estimate of drug-likeness (QED) is 0.308. The third-order valence-electron chi connectivity index (χ3n) is 5.21. The van der Waals surface area contributed by atoms with Gasteiger partial charge < -0.3 is 24.2 Å². The summed E-state index contributed by atoms with van der Waals surface area (Å²) in [6.07, 6.45) is -5.62. The normalized spacial score (nSPS) is 12.1. The Labute approximate surface area is 208 Å². The number of hydrogen-bond donors (Lipinski definition) is 1. The number of para-hydroxylation sites is 1. The van der Waals surface area contributed by atoms with E-state index in [1.54, 1.807) is 61.5 Å². The van der Waals surface area contributed by atoms with Crippen molar-refractivity contribution in [1.82, 2.24) is 4.90 Å². The number of nitrogens with zero attached hydrogens (tertiary/aromatic N) is 1. The smallest absolute Gasteiger partial charge is 0.415 e. The molecule has 2 aromatic rings. The maximum atomic E-state index is 12.6. The van der Waals surface area contributed by atoms with E-state index in [1.807, 2.05) is 0 Å². The summed E-state index contributed by atoms with van der Waals surface area (Å²) in [5.74, 6) is -0.130. The third kappa shape index (κ3) is 11.4. The molecule has 0 saturated heterocycles. The standard InChI is InChI=1S/C26H32F3NO6/c1-2-34-23(24(31)32)19-20-11-13-21(14-12-20)35-18-17-30(16-8-4-7-15-26(27,28)29)25(33)36-22-9-5-3-6-10-22/h3,5-6,9-14,23H,2,4,7-8,15-19H2,1H3,(H,31,32). The van der Waals surface area contributed by atoms with E-state index in [0.29, 0.717) is 30.9 Å². The highest BCUT2D eigenvalue weighted by Gasteiger charge is 2.26. The lowest BCUT2D eigenvalue weighted by Crippen LogP contribution is -2.37. The zero-order valence-electron chi connectivity index (χ0n) is 20.2. The number of ether oxygens (including phenoxy) is 3. The number of carbonyl (C=O) groups excluding carboxylic acids is 1. The molecule has 0 aliphatic rings. The molecule has 0 aromatic heterocycles.